The highest BCUT2D eigenvalue weighted by Gasteiger charge is 2.51. The van der Waals surface area contributed by atoms with Gasteiger partial charge in [-0.3, -0.25) is 14.3 Å². The van der Waals surface area contributed by atoms with Gasteiger partial charge in [-0.15, -0.1) is 5.10 Å². The Labute approximate surface area is 234 Å². The second-order valence-electron chi connectivity index (χ2n) is 11.4. The molecule has 0 N–H and O–H groups in total. The second kappa shape index (κ2) is 10.9. The number of nitrogens with zero attached hydrogens (tertiary/aromatic N) is 6. The molecule has 2 unspecified atom stereocenters. The molecular formula is C31H36N6O3. The summed E-state index contributed by atoms with van der Waals surface area (Å²) in [5.74, 6) is -0.263. The first-order chi connectivity index (χ1) is 19.4. The summed E-state index contributed by atoms with van der Waals surface area (Å²) in [6, 6.07) is 8.55. The van der Waals surface area contributed by atoms with Gasteiger partial charge in [0.2, 0.25) is 0 Å². The average Bonchev–Trinajstić information content (AvgIpc) is 3.72. The van der Waals surface area contributed by atoms with E-state index in [4.69, 9.17) is 4.74 Å². The summed E-state index contributed by atoms with van der Waals surface area (Å²) in [5.41, 5.74) is 3.97. The van der Waals surface area contributed by atoms with E-state index in [-0.39, 0.29) is 24.5 Å². The van der Waals surface area contributed by atoms with Crippen molar-refractivity contribution < 1.29 is 14.3 Å². The minimum absolute atomic E-state index is 0.0602. The van der Waals surface area contributed by atoms with Crippen molar-refractivity contribution in [3.8, 4) is 0 Å². The lowest BCUT2D eigenvalue weighted by Gasteiger charge is -2.43. The van der Waals surface area contributed by atoms with E-state index in [0.717, 1.165) is 50.6 Å². The molecule has 2 aliphatic rings. The first-order valence-electron chi connectivity index (χ1n) is 14.4. The van der Waals surface area contributed by atoms with Crippen LogP contribution in [0.5, 0.6) is 0 Å². The van der Waals surface area contributed by atoms with Gasteiger partial charge >= 0.3 is 5.97 Å². The van der Waals surface area contributed by atoms with Gasteiger partial charge in [0.1, 0.15) is 11.5 Å². The number of rotatable bonds is 9. The molecule has 6 rings (SSSR count). The molecule has 0 spiro atoms. The Morgan fingerprint density at radius 2 is 2.00 bits per heavy atom. The molecule has 3 aromatic heterocycles. The Morgan fingerprint density at radius 3 is 2.75 bits per heavy atom. The predicted octanol–water partition coefficient (Wildman–Crippen LogP) is 4.48. The number of fused-ring (bicyclic) bond motifs is 1. The average molecular weight is 541 g/mol. The number of carbonyl (C=O) groups is 2. The molecule has 1 aromatic carbocycles. The van der Waals surface area contributed by atoms with Crippen molar-refractivity contribution in [3.63, 3.8) is 0 Å². The van der Waals surface area contributed by atoms with Crippen molar-refractivity contribution in [2.45, 2.75) is 83.8 Å². The monoisotopic (exact) mass is 540 g/mol. The minimum atomic E-state index is -0.874. The summed E-state index contributed by atoms with van der Waals surface area (Å²) in [6.07, 6.45) is 14.3. The fraction of sp³-hybridized carbons (Fsp3) is 0.484. The van der Waals surface area contributed by atoms with E-state index in [1.165, 1.54) is 16.7 Å². The van der Waals surface area contributed by atoms with E-state index in [0.29, 0.717) is 18.0 Å². The van der Waals surface area contributed by atoms with E-state index in [9.17, 15) is 9.59 Å². The number of ketones is 1. The standard InChI is InChI=1S/C31H36N6O3/c1-3-23-15-22(9-10-24(23)20-36-14-6-13-33-36)11-12-31(25-7-4-5-8-25)17-27(38)26(29(39)40-31)16-28-34-30-32-18-21(2)19-37(30)35-28/h6,9-10,13-15,18-19,25-26H,3-5,7-8,11-12,16-17,20H2,1-2H3. The lowest BCUT2D eigenvalue weighted by molar-refractivity contribution is -0.185. The molecular weight excluding hydrogens is 504 g/mol. The maximum atomic E-state index is 13.6. The summed E-state index contributed by atoms with van der Waals surface area (Å²) in [5, 5.41) is 8.80. The summed E-state index contributed by atoms with van der Waals surface area (Å²) >= 11 is 0. The van der Waals surface area contributed by atoms with Gasteiger partial charge in [0, 0.05) is 37.6 Å². The molecule has 1 saturated carbocycles. The Hall–Kier alpha value is -3.88. The fourth-order valence-electron chi connectivity index (χ4n) is 6.51. The molecule has 0 amide bonds. The number of aromatic nitrogens is 6. The number of cyclic esters (lactones) is 1. The lowest BCUT2D eigenvalue weighted by Crippen LogP contribution is -2.52. The van der Waals surface area contributed by atoms with E-state index >= 15 is 0 Å². The number of ether oxygens (including phenoxy) is 1. The Balaban J connectivity index is 1.19. The van der Waals surface area contributed by atoms with Gasteiger partial charge in [0.25, 0.3) is 5.78 Å². The van der Waals surface area contributed by atoms with Crippen LogP contribution in [-0.4, -0.2) is 46.7 Å². The quantitative estimate of drug-likeness (QED) is 0.228. The molecule has 2 atom stereocenters. The van der Waals surface area contributed by atoms with Gasteiger partial charge in [0.05, 0.1) is 6.54 Å². The molecule has 4 aromatic rings. The van der Waals surface area contributed by atoms with Crippen LogP contribution in [0.3, 0.4) is 0 Å². The minimum Gasteiger partial charge on any atom is -0.458 e. The number of Topliss-reactive ketones (excluding diaryl/α,β-unsaturated/α-hetero) is 1. The molecule has 1 aliphatic heterocycles. The van der Waals surface area contributed by atoms with Gasteiger partial charge in [-0.25, -0.2) is 9.50 Å². The van der Waals surface area contributed by atoms with Crippen molar-refractivity contribution in [1.82, 2.24) is 29.4 Å². The van der Waals surface area contributed by atoms with Gasteiger partial charge < -0.3 is 4.74 Å². The number of aryl methyl sites for hydroxylation is 3. The third kappa shape index (κ3) is 5.29. The molecule has 208 valence electrons. The summed E-state index contributed by atoms with van der Waals surface area (Å²) < 4.78 is 9.86. The van der Waals surface area contributed by atoms with Crippen molar-refractivity contribution in [2.24, 2.45) is 11.8 Å². The molecule has 1 saturated heterocycles. The van der Waals surface area contributed by atoms with Crippen LogP contribution < -0.4 is 0 Å². The smallest absolute Gasteiger partial charge is 0.317 e. The van der Waals surface area contributed by atoms with Gasteiger partial charge in [-0.1, -0.05) is 38.0 Å². The highest BCUT2D eigenvalue weighted by molar-refractivity contribution is 6.01. The van der Waals surface area contributed by atoms with Crippen molar-refractivity contribution in [2.75, 3.05) is 0 Å². The topological polar surface area (TPSA) is 104 Å². The van der Waals surface area contributed by atoms with Crippen LogP contribution >= 0.6 is 0 Å². The van der Waals surface area contributed by atoms with Gasteiger partial charge in [0.15, 0.2) is 11.6 Å². The van der Waals surface area contributed by atoms with Crippen LogP contribution in [0.4, 0.5) is 0 Å². The normalized spacial score (nSPS) is 21.8. The van der Waals surface area contributed by atoms with Crippen molar-refractivity contribution in [1.29, 1.82) is 0 Å². The lowest BCUT2D eigenvalue weighted by atomic mass is 9.73. The molecule has 4 heterocycles. The number of hydrogen-bond acceptors (Lipinski definition) is 7. The first kappa shape index (κ1) is 26.3. The molecule has 0 bridgehead atoms. The van der Waals surface area contributed by atoms with E-state index in [1.54, 1.807) is 16.9 Å². The summed E-state index contributed by atoms with van der Waals surface area (Å²) in [6.45, 7) is 4.84. The Bertz CT molecular complexity index is 1500. The largest absolute Gasteiger partial charge is 0.458 e. The molecule has 1 aliphatic carbocycles. The number of carbonyl (C=O) groups excluding carboxylic acids is 2. The SMILES string of the molecule is CCc1cc(CCC2(C3CCCC3)CC(=O)C(Cc3nc4ncc(C)cn4n3)C(=O)O2)ccc1Cn1cccn1. The Kier molecular flexibility index (Phi) is 7.21. The van der Waals surface area contributed by atoms with E-state index in [1.807, 2.05) is 30.1 Å². The van der Waals surface area contributed by atoms with Crippen LogP contribution in [0.25, 0.3) is 5.78 Å². The number of benzene rings is 1. The zero-order valence-electron chi connectivity index (χ0n) is 23.3. The molecule has 2 fully saturated rings. The van der Waals surface area contributed by atoms with Crippen LogP contribution in [0.1, 0.15) is 73.5 Å². The predicted molar refractivity (Wildman–Crippen MR) is 149 cm³/mol. The summed E-state index contributed by atoms with van der Waals surface area (Å²) in [7, 11) is 0. The fourth-order valence-corrected chi connectivity index (χ4v) is 6.51. The summed E-state index contributed by atoms with van der Waals surface area (Å²) in [4.78, 5) is 35.7. The maximum absolute atomic E-state index is 13.6. The van der Waals surface area contributed by atoms with Crippen LogP contribution in [0.2, 0.25) is 0 Å². The zero-order chi connectivity index (χ0) is 27.7. The van der Waals surface area contributed by atoms with E-state index in [2.05, 4.69) is 45.3 Å². The maximum Gasteiger partial charge on any atom is 0.317 e. The molecule has 40 heavy (non-hydrogen) atoms. The van der Waals surface area contributed by atoms with Gasteiger partial charge in [-0.05, 0) is 73.3 Å². The van der Waals surface area contributed by atoms with Crippen molar-refractivity contribution >= 4 is 17.5 Å². The molecule has 0 radical (unpaired) electrons. The third-order valence-electron chi connectivity index (χ3n) is 8.68. The second-order valence-corrected chi connectivity index (χ2v) is 11.4. The first-order valence-corrected chi connectivity index (χ1v) is 14.4. The number of esters is 1. The zero-order valence-corrected chi connectivity index (χ0v) is 23.3. The Morgan fingerprint density at radius 1 is 1.15 bits per heavy atom. The molecule has 9 nitrogen and oxygen atoms in total. The third-order valence-corrected chi connectivity index (χ3v) is 8.68. The van der Waals surface area contributed by atoms with Crippen LogP contribution in [0.15, 0.2) is 49.1 Å². The van der Waals surface area contributed by atoms with E-state index < -0.39 is 17.5 Å². The highest BCUT2D eigenvalue weighted by atomic mass is 16.6. The highest BCUT2D eigenvalue weighted by Crippen LogP contribution is 2.45. The number of hydrogen-bond donors (Lipinski definition) is 0. The van der Waals surface area contributed by atoms with Crippen LogP contribution in [0, 0.1) is 18.8 Å². The molecule has 9 heteroatoms. The van der Waals surface area contributed by atoms with Gasteiger partial charge in [-0.2, -0.15) is 10.1 Å². The van der Waals surface area contributed by atoms with Crippen molar-refractivity contribution in [3.05, 3.63) is 77.1 Å². The van der Waals surface area contributed by atoms with Crippen LogP contribution in [-0.2, 0) is 40.1 Å².